The van der Waals surface area contributed by atoms with Gasteiger partial charge in [0, 0.05) is 17.6 Å². The van der Waals surface area contributed by atoms with Crippen LogP contribution < -0.4 is 5.32 Å². The van der Waals surface area contributed by atoms with Gasteiger partial charge in [-0.2, -0.15) is 0 Å². The van der Waals surface area contributed by atoms with Crippen LogP contribution in [0.25, 0.3) is 0 Å². The summed E-state index contributed by atoms with van der Waals surface area (Å²) in [6, 6.07) is 5.91. The van der Waals surface area contributed by atoms with E-state index in [1.807, 2.05) is 0 Å². The zero-order chi connectivity index (χ0) is 14.0. The van der Waals surface area contributed by atoms with Crippen LogP contribution in [0.2, 0.25) is 5.02 Å². The fourth-order valence-corrected chi connectivity index (χ4v) is 2.03. The van der Waals surface area contributed by atoms with Gasteiger partial charge in [0.15, 0.2) is 0 Å². The smallest absolute Gasteiger partial charge is 0.147 e. The van der Waals surface area contributed by atoms with Gasteiger partial charge in [-0.15, -0.1) is 0 Å². The van der Waals surface area contributed by atoms with Gasteiger partial charge in [0.1, 0.15) is 17.5 Å². The lowest BCUT2D eigenvalue weighted by Crippen LogP contribution is -2.03. The third-order valence-electron chi connectivity index (χ3n) is 2.49. The van der Waals surface area contributed by atoms with Crippen LogP contribution in [0.4, 0.5) is 18.9 Å². The summed E-state index contributed by atoms with van der Waals surface area (Å²) in [6.07, 6.45) is 0. The molecule has 0 radical (unpaired) electrons. The van der Waals surface area contributed by atoms with E-state index in [0.29, 0.717) is 10.6 Å². The Kier molecular flexibility index (Phi) is 4.37. The molecule has 0 unspecified atom stereocenters. The molecule has 19 heavy (non-hydrogen) atoms. The first-order valence-electron chi connectivity index (χ1n) is 5.29. The Hall–Kier alpha value is -1.20. The van der Waals surface area contributed by atoms with Gasteiger partial charge < -0.3 is 5.32 Å². The maximum absolute atomic E-state index is 13.5. The lowest BCUT2D eigenvalue weighted by atomic mass is 10.2. The quantitative estimate of drug-likeness (QED) is 0.757. The number of halogens is 5. The molecule has 0 saturated carbocycles. The lowest BCUT2D eigenvalue weighted by molar-refractivity contribution is 0.596. The van der Waals surface area contributed by atoms with Crippen molar-refractivity contribution in [1.82, 2.24) is 0 Å². The van der Waals surface area contributed by atoms with Crippen LogP contribution in [-0.4, -0.2) is 0 Å². The van der Waals surface area contributed by atoms with Crippen molar-refractivity contribution in [3.05, 3.63) is 62.8 Å². The van der Waals surface area contributed by atoms with Crippen molar-refractivity contribution in [3.63, 3.8) is 0 Å². The van der Waals surface area contributed by atoms with Crippen molar-refractivity contribution < 1.29 is 13.2 Å². The predicted molar refractivity (Wildman–Crippen MR) is 72.8 cm³/mol. The van der Waals surface area contributed by atoms with Crippen molar-refractivity contribution in [1.29, 1.82) is 0 Å². The second-order valence-corrected chi connectivity index (χ2v) is 5.10. The zero-order valence-electron chi connectivity index (χ0n) is 9.48. The molecule has 0 aliphatic carbocycles. The molecule has 0 aliphatic rings. The summed E-state index contributed by atoms with van der Waals surface area (Å²) in [5.74, 6) is -1.64. The molecule has 0 aliphatic heterocycles. The number of hydrogen-bond donors (Lipinski definition) is 1. The Morgan fingerprint density at radius 3 is 2.53 bits per heavy atom. The molecule has 2 aromatic carbocycles. The molecule has 1 nitrogen and oxygen atoms in total. The van der Waals surface area contributed by atoms with Crippen LogP contribution in [0.5, 0.6) is 0 Å². The van der Waals surface area contributed by atoms with E-state index >= 15 is 0 Å². The molecule has 0 heterocycles. The fourth-order valence-electron chi connectivity index (χ4n) is 1.53. The van der Waals surface area contributed by atoms with Gasteiger partial charge >= 0.3 is 0 Å². The molecule has 0 amide bonds. The van der Waals surface area contributed by atoms with Gasteiger partial charge in [-0.3, -0.25) is 0 Å². The van der Waals surface area contributed by atoms with Crippen molar-refractivity contribution in [2.75, 3.05) is 5.32 Å². The first kappa shape index (κ1) is 14.2. The highest BCUT2D eigenvalue weighted by atomic mass is 79.9. The molecular formula is C13H8BrClF3N. The van der Waals surface area contributed by atoms with E-state index in [4.69, 9.17) is 11.6 Å². The molecule has 0 atom stereocenters. The number of rotatable bonds is 3. The Morgan fingerprint density at radius 2 is 1.79 bits per heavy atom. The van der Waals surface area contributed by atoms with E-state index in [0.717, 1.165) is 12.1 Å². The average Bonchev–Trinajstić information content (AvgIpc) is 2.36. The fraction of sp³-hybridized carbons (Fsp3) is 0.0769. The summed E-state index contributed by atoms with van der Waals surface area (Å²) in [7, 11) is 0. The molecule has 100 valence electrons. The van der Waals surface area contributed by atoms with Crippen molar-refractivity contribution in [2.24, 2.45) is 0 Å². The van der Waals surface area contributed by atoms with Crippen molar-refractivity contribution >= 4 is 33.2 Å². The van der Waals surface area contributed by atoms with Crippen LogP contribution in [0.3, 0.4) is 0 Å². The minimum atomic E-state index is -0.610. The molecule has 2 rings (SSSR count). The maximum Gasteiger partial charge on any atom is 0.147 e. The number of nitrogens with one attached hydrogen (secondary N) is 1. The van der Waals surface area contributed by atoms with E-state index in [1.165, 1.54) is 18.2 Å². The molecule has 0 spiro atoms. The number of benzene rings is 2. The van der Waals surface area contributed by atoms with E-state index in [2.05, 4.69) is 21.2 Å². The summed E-state index contributed by atoms with van der Waals surface area (Å²) in [5.41, 5.74) is 0.449. The summed E-state index contributed by atoms with van der Waals surface area (Å²) in [4.78, 5) is 0. The summed E-state index contributed by atoms with van der Waals surface area (Å²) in [5, 5.41) is 3.03. The molecule has 2 aromatic rings. The number of hydrogen-bond acceptors (Lipinski definition) is 1. The van der Waals surface area contributed by atoms with Gasteiger partial charge in [-0.05, 0) is 45.8 Å². The van der Waals surface area contributed by atoms with Gasteiger partial charge in [0.25, 0.3) is 0 Å². The first-order valence-corrected chi connectivity index (χ1v) is 6.47. The van der Waals surface area contributed by atoms with Crippen LogP contribution >= 0.6 is 27.5 Å². The summed E-state index contributed by atoms with van der Waals surface area (Å²) < 4.78 is 39.9. The minimum absolute atomic E-state index is 0.0129. The van der Waals surface area contributed by atoms with Crippen LogP contribution in [0.1, 0.15) is 5.56 Å². The predicted octanol–water partition coefficient (Wildman–Crippen LogP) is 5.13. The van der Waals surface area contributed by atoms with E-state index < -0.39 is 17.5 Å². The van der Waals surface area contributed by atoms with E-state index in [-0.39, 0.29) is 16.7 Å². The molecule has 0 bridgehead atoms. The Labute approximate surface area is 121 Å². The Morgan fingerprint density at radius 1 is 1.05 bits per heavy atom. The van der Waals surface area contributed by atoms with Crippen molar-refractivity contribution in [2.45, 2.75) is 6.54 Å². The minimum Gasteiger partial charge on any atom is -0.378 e. The van der Waals surface area contributed by atoms with Gasteiger partial charge in [-0.25, -0.2) is 13.2 Å². The van der Waals surface area contributed by atoms with E-state index in [9.17, 15) is 13.2 Å². The highest BCUT2D eigenvalue weighted by Gasteiger charge is 2.09. The Bertz CT molecular complexity index is 619. The average molecular weight is 351 g/mol. The van der Waals surface area contributed by atoms with Crippen LogP contribution in [0, 0.1) is 17.5 Å². The van der Waals surface area contributed by atoms with Crippen molar-refractivity contribution in [3.8, 4) is 0 Å². The van der Waals surface area contributed by atoms with Gasteiger partial charge in [-0.1, -0.05) is 11.6 Å². The van der Waals surface area contributed by atoms with Gasteiger partial charge in [0.2, 0.25) is 0 Å². The highest BCUT2D eigenvalue weighted by molar-refractivity contribution is 9.10. The SMILES string of the molecule is Fc1ccc(Cl)c(CNc2cc(F)c(Br)cc2F)c1. The summed E-state index contributed by atoms with van der Waals surface area (Å²) in [6.45, 7) is 0.0919. The number of anilines is 1. The second-order valence-electron chi connectivity index (χ2n) is 3.84. The largest absolute Gasteiger partial charge is 0.378 e. The topological polar surface area (TPSA) is 12.0 Å². The maximum atomic E-state index is 13.5. The van der Waals surface area contributed by atoms with Gasteiger partial charge in [0.05, 0.1) is 10.2 Å². The Balaban J connectivity index is 2.19. The third-order valence-corrected chi connectivity index (χ3v) is 3.46. The lowest BCUT2D eigenvalue weighted by Gasteiger charge is -2.10. The first-order chi connectivity index (χ1) is 8.97. The standard InChI is InChI=1S/C13H8BrClF3N/c14-9-4-12(18)13(5-11(9)17)19-6-7-3-8(16)1-2-10(7)15/h1-5,19H,6H2. The summed E-state index contributed by atoms with van der Waals surface area (Å²) >= 11 is 8.76. The third kappa shape index (κ3) is 3.42. The van der Waals surface area contributed by atoms with E-state index in [1.54, 1.807) is 0 Å². The highest BCUT2D eigenvalue weighted by Crippen LogP contribution is 2.25. The second kappa shape index (κ2) is 5.84. The normalized spacial score (nSPS) is 10.6. The zero-order valence-corrected chi connectivity index (χ0v) is 11.8. The molecule has 0 aromatic heterocycles. The molecule has 6 heteroatoms. The van der Waals surface area contributed by atoms with Crippen LogP contribution in [0.15, 0.2) is 34.8 Å². The molecule has 1 N–H and O–H groups in total. The molecular weight excluding hydrogens is 343 g/mol. The molecule has 0 saturated heterocycles. The van der Waals surface area contributed by atoms with Crippen LogP contribution in [-0.2, 0) is 6.54 Å². The monoisotopic (exact) mass is 349 g/mol. The molecule has 0 fully saturated rings.